The molecule has 0 radical (unpaired) electrons. The lowest BCUT2D eigenvalue weighted by molar-refractivity contribution is 0.267. The molecule has 0 aromatic heterocycles. The molecule has 0 saturated heterocycles. The second-order valence-electron chi connectivity index (χ2n) is 9.53. The molecule has 0 spiro atoms. The molecule has 0 unspecified atom stereocenters. The number of hydrogen-bond acceptors (Lipinski definition) is 1. The highest BCUT2D eigenvalue weighted by Gasteiger charge is 2.44. The minimum absolute atomic E-state index is 0.711. The van der Waals surface area contributed by atoms with E-state index in [0.717, 1.165) is 12.5 Å². The first kappa shape index (κ1) is 25.2. The fraction of sp³-hybridized carbons (Fsp3) is 1.00. The lowest BCUT2D eigenvalue weighted by Gasteiger charge is -2.42. The fourth-order valence-corrected chi connectivity index (χ4v) is 10.1. The Morgan fingerprint density at radius 2 is 0.880 bits per heavy atom. The highest BCUT2D eigenvalue weighted by molar-refractivity contribution is 6.77. The molecule has 0 fully saturated rings. The summed E-state index contributed by atoms with van der Waals surface area (Å²) in [7, 11) is -1.63. The van der Waals surface area contributed by atoms with E-state index in [4.69, 9.17) is 4.43 Å². The summed E-state index contributed by atoms with van der Waals surface area (Å²) in [4.78, 5) is 0. The van der Waals surface area contributed by atoms with Gasteiger partial charge >= 0.3 is 0 Å². The zero-order chi connectivity index (χ0) is 19.3. The van der Waals surface area contributed by atoms with Gasteiger partial charge in [-0.3, -0.25) is 0 Å². The lowest BCUT2D eigenvalue weighted by atomic mass is 10.0. The van der Waals surface area contributed by atoms with Gasteiger partial charge < -0.3 is 4.43 Å². The summed E-state index contributed by atoms with van der Waals surface area (Å²) < 4.78 is 6.64. The second kappa shape index (κ2) is 14.3. The Balaban J connectivity index is 3.71. The van der Waals surface area contributed by atoms with Gasteiger partial charge in [-0.1, -0.05) is 113 Å². The molecule has 0 aliphatic carbocycles. The smallest absolute Gasteiger partial charge is 0.200 e. The molecule has 152 valence electrons. The maximum absolute atomic E-state index is 6.64. The zero-order valence-corrected chi connectivity index (χ0v) is 20.0. The van der Waals surface area contributed by atoms with Crippen molar-refractivity contribution in [1.82, 2.24) is 0 Å². The van der Waals surface area contributed by atoms with Crippen LogP contribution in [0.3, 0.4) is 0 Å². The summed E-state index contributed by atoms with van der Waals surface area (Å²) in [6.07, 6.45) is 14.0. The van der Waals surface area contributed by atoms with Gasteiger partial charge in [-0.2, -0.15) is 0 Å². The SMILES string of the molecule is CC(C)CCCCCCCCCCCO[Si](C(C)C)(C(C)C)C(C)C. The summed E-state index contributed by atoms with van der Waals surface area (Å²) in [6, 6.07) is 0. The molecule has 0 atom stereocenters. The molecule has 2 heteroatoms. The van der Waals surface area contributed by atoms with E-state index < -0.39 is 8.32 Å². The number of unbranched alkanes of at least 4 members (excludes halogenated alkanes) is 8. The molecule has 0 saturated carbocycles. The lowest BCUT2D eigenvalue weighted by Crippen LogP contribution is -2.47. The molecule has 0 rings (SSSR count). The minimum Gasteiger partial charge on any atom is -0.416 e. The van der Waals surface area contributed by atoms with Crippen molar-refractivity contribution in [2.75, 3.05) is 6.61 Å². The van der Waals surface area contributed by atoms with Crippen LogP contribution >= 0.6 is 0 Å². The number of rotatable bonds is 16. The molecule has 0 aliphatic heterocycles. The van der Waals surface area contributed by atoms with E-state index in [1.54, 1.807) is 0 Å². The summed E-state index contributed by atoms with van der Waals surface area (Å²) >= 11 is 0. The minimum atomic E-state index is -1.63. The fourth-order valence-electron chi connectivity index (χ4n) is 4.64. The maximum Gasteiger partial charge on any atom is 0.200 e. The molecule has 0 amide bonds. The molecule has 25 heavy (non-hydrogen) atoms. The van der Waals surface area contributed by atoms with Crippen molar-refractivity contribution in [3.63, 3.8) is 0 Å². The van der Waals surface area contributed by atoms with Gasteiger partial charge in [-0.05, 0) is 29.0 Å². The van der Waals surface area contributed by atoms with Crippen LogP contribution in [0, 0.1) is 5.92 Å². The van der Waals surface area contributed by atoms with Gasteiger partial charge in [0.25, 0.3) is 0 Å². The first-order valence-electron chi connectivity index (χ1n) is 11.4. The standard InChI is InChI=1S/C23H50OSi/c1-20(2)18-16-14-12-10-9-11-13-15-17-19-24-25(21(3)4,22(5)6)23(7)8/h20-23H,9-19H2,1-8H3. The van der Waals surface area contributed by atoms with E-state index in [1.807, 2.05) is 0 Å². The van der Waals surface area contributed by atoms with E-state index >= 15 is 0 Å². The van der Waals surface area contributed by atoms with E-state index in [9.17, 15) is 0 Å². The molecular weight excluding hydrogens is 320 g/mol. The van der Waals surface area contributed by atoms with Crippen molar-refractivity contribution in [2.45, 2.75) is 136 Å². The molecule has 1 nitrogen and oxygen atoms in total. The Bertz CT molecular complexity index is 275. The largest absolute Gasteiger partial charge is 0.416 e. The van der Waals surface area contributed by atoms with Crippen molar-refractivity contribution in [2.24, 2.45) is 5.92 Å². The molecule has 0 bridgehead atoms. The van der Waals surface area contributed by atoms with Crippen molar-refractivity contribution in [3.05, 3.63) is 0 Å². The summed E-state index contributed by atoms with van der Waals surface area (Å²) in [5.41, 5.74) is 2.13. The molecule has 0 aliphatic rings. The van der Waals surface area contributed by atoms with Crippen LogP contribution in [0.2, 0.25) is 16.6 Å². The quantitative estimate of drug-likeness (QED) is 0.195. The van der Waals surface area contributed by atoms with E-state index in [0.29, 0.717) is 16.6 Å². The monoisotopic (exact) mass is 370 g/mol. The van der Waals surface area contributed by atoms with Crippen LogP contribution in [0.15, 0.2) is 0 Å². The maximum atomic E-state index is 6.64. The predicted molar refractivity (Wildman–Crippen MR) is 118 cm³/mol. The van der Waals surface area contributed by atoms with Gasteiger partial charge in [0.2, 0.25) is 0 Å². The number of hydrogen-bond donors (Lipinski definition) is 0. The molecule has 0 heterocycles. The molecule has 0 N–H and O–H groups in total. The summed E-state index contributed by atoms with van der Waals surface area (Å²) in [5, 5.41) is 0. The Hall–Kier alpha value is 0.177. The molecular formula is C23H50OSi. The molecule has 0 aromatic rings. The average Bonchev–Trinajstić information content (AvgIpc) is 2.50. The third-order valence-electron chi connectivity index (χ3n) is 5.98. The van der Waals surface area contributed by atoms with Gasteiger partial charge in [0.05, 0.1) is 0 Å². The van der Waals surface area contributed by atoms with Crippen LogP contribution in [0.1, 0.15) is 120 Å². The normalized spacial score (nSPS) is 13.0. The Morgan fingerprint density at radius 3 is 1.24 bits per heavy atom. The van der Waals surface area contributed by atoms with Gasteiger partial charge in [0.1, 0.15) is 0 Å². The van der Waals surface area contributed by atoms with Gasteiger partial charge in [-0.25, -0.2) is 0 Å². The second-order valence-corrected chi connectivity index (χ2v) is 15.0. The van der Waals surface area contributed by atoms with Crippen LogP contribution in [0.4, 0.5) is 0 Å². The van der Waals surface area contributed by atoms with Gasteiger partial charge in [0, 0.05) is 6.61 Å². The summed E-state index contributed by atoms with van der Waals surface area (Å²) in [6.45, 7) is 20.0. The van der Waals surface area contributed by atoms with Crippen molar-refractivity contribution in [1.29, 1.82) is 0 Å². The predicted octanol–water partition coefficient (Wildman–Crippen LogP) is 8.74. The highest BCUT2D eigenvalue weighted by atomic mass is 28.4. The van der Waals surface area contributed by atoms with Crippen molar-refractivity contribution in [3.8, 4) is 0 Å². The van der Waals surface area contributed by atoms with Gasteiger partial charge in [-0.15, -0.1) is 0 Å². The van der Waals surface area contributed by atoms with E-state index in [2.05, 4.69) is 55.4 Å². The Labute approximate surface area is 161 Å². The van der Waals surface area contributed by atoms with E-state index in [-0.39, 0.29) is 0 Å². The van der Waals surface area contributed by atoms with Crippen LogP contribution in [0.5, 0.6) is 0 Å². The van der Waals surface area contributed by atoms with Crippen LogP contribution in [-0.2, 0) is 4.43 Å². The topological polar surface area (TPSA) is 9.23 Å². The Kier molecular flexibility index (Phi) is 14.4. The molecule has 0 aromatic carbocycles. The average molecular weight is 371 g/mol. The third kappa shape index (κ3) is 10.2. The first-order valence-corrected chi connectivity index (χ1v) is 13.5. The highest BCUT2D eigenvalue weighted by Crippen LogP contribution is 2.42. The van der Waals surface area contributed by atoms with Crippen LogP contribution in [0.25, 0.3) is 0 Å². The van der Waals surface area contributed by atoms with Crippen LogP contribution in [-0.4, -0.2) is 14.9 Å². The van der Waals surface area contributed by atoms with E-state index in [1.165, 1.54) is 64.2 Å². The van der Waals surface area contributed by atoms with Crippen molar-refractivity contribution < 1.29 is 4.43 Å². The first-order chi connectivity index (χ1) is 11.7. The summed E-state index contributed by atoms with van der Waals surface area (Å²) in [5.74, 6) is 0.881. The third-order valence-corrected chi connectivity index (χ3v) is 12.1. The Morgan fingerprint density at radius 1 is 0.520 bits per heavy atom. The van der Waals surface area contributed by atoms with Crippen LogP contribution < -0.4 is 0 Å². The van der Waals surface area contributed by atoms with Crippen molar-refractivity contribution >= 4 is 8.32 Å². The van der Waals surface area contributed by atoms with Gasteiger partial charge in [0.15, 0.2) is 8.32 Å². The zero-order valence-electron chi connectivity index (χ0n) is 19.0.